The summed E-state index contributed by atoms with van der Waals surface area (Å²) in [5.41, 5.74) is 5.90. The topological polar surface area (TPSA) is 115 Å². The van der Waals surface area contributed by atoms with E-state index in [1.54, 1.807) is 20.8 Å². The van der Waals surface area contributed by atoms with Gasteiger partial charge >= 0.3 is 0 Å². The molecule has 1 aromatic carbocycles. The zero-order valence-electron chi connectivity index (χ0n) is 12.9. The largest absolute Gasteiger partial charge is 0.329 e. The first-order valence-corrected chi connectivity index (χ1v) is 8.59. The van der Waals surface area contributed by atoms with Gasteiger partial charge in [0.15, 0.2) is 4.90 Å². The van der Waals surface area contributed by atoms with E-state index in [0.717, 1.165) is 12.8 Å². The predicted molar refractivity (Wildman–Crippen MR) is 83.1 cm³/mol. The molecule has 2 rings (SSSR count). The molecule has 7 nitrogen and oxygen atoms in total. The van der Waals surface area contributed by atoms with Crippen molar-refractivity contribution >= 4 is 15.7 Å². The molecular formula is C14H21N3O4S. The number of nitrogens with two attached hydrogens (primary N) is 1. The van der Waals surface area contributed by atoms with Crippen LogP contribution in [0.15, 0.2) is 17.0 Å². The average Bonchev–Trinajstić information content (AvgIpc) is 3.25. The fourth-order valence-corrected chi connectivity index (χ4v) is 4.22. The zero-order chi connectivity index (χ0) is 16.7. The third kappa shape index (κ3) is 3.13. The Balaban J connectivity index is 2.49. The Morgan fingerprint density at radius 1 is 1.36 bits per heavy atom. The highest BCUT2D eigenvalue weighted by molar-refractivity contribution is 7.89. The highest BCUT2D eigenvalue weighted by Crippen LogP contribution is 2.40. The molecule has 1 fully saturated rings. The molecule has 8 heteroatoms. The van der Waals surface area contributed by atoms with Gasteiger partial charge in [0.05, 0.1) is 4.92 Å². The third-order valence-electron chi connectivity index (χ3n) is 4.33. The van der Waals surface area contributed by atoms with Gasteiger partial charge in [-0.05, 0) is 56.7 Å². The molecule has 0 radical (unpaired) electrons. The van der Waals surface area contributed by atoms with Gasteiger partial charge in [0.25, 0.3) is 5.69 Å². The van der Waals surface area contributed by atoms with Crippen molar-refractivity contribution in [2.24, 2.45) is 11.7 Å². The summed E-state index contributed by atoms with van der Waals surface area (Å²) < 4.78 is 27.9. The standard InChI is InChI=1S/C14H21N3O4S/c1-9-6-12(17(18)19)13(7-10(9)2)22(20,21)16-14(3,8-15)11-4-5-11/h6-7,11,16H,4-5,8,15H2,1-3H3. The lowest BCUT2D eigenvalue weighted by Gasteiger charge is -2.29. The van der Waals surface area contributed by atoms with Crippen molar-refractivity contribution in [2.45, 2.75) is 44.0 Å². The summed E-state index contributed by atoms with van der Waals surface area (Å²) in [6.07, 6.45) is 1.82. The van der Waals surface area contributed by atoms with Crippen molar-refractivity contribution in [2.75, 3.05) is 6.54 Å². The van der Waals surface area contributed by atoms with Gasteiger partial charge in [-0.3, -0.25) is 10.1 Å². The number of nitro groups is 1. The van der Waals surface area contributed by atoms with E-state index in [2.05, 4.69) is 4.72 Å². The molecule has 0 aromatic heterocycles. The first-order chi connectivity index (χ1) is 10.1. The van der Waals surface area contributed by atoms with E-state index in [0.29, 0.717) is 11.1 Å². The van der Waals surface area contributed by atoms with E-state index < -0.39 is 26.2 Å². The van der Waals surface area contributed by atoms with E-state index in [9.17, 15) is 18.5 Å². The van der Waals surface area contributed by atoms with Crippen LogP contribution < -0.4 is 10.5 Å². The first kappa shape index (κ1) is 16.9. The van der Waals surface area contributed by atoms with Gasteiger partial charge < -0.3 is 5.73 Å². The summed E-state index contributed by atoms with van der Waals surface area (Å²) in [4.78, 5) is 10.2. The molecule has 1 aliphatic carbocycles. The smallest absolute Gasteiger partial charge is 0.289 e. The molecule has 1 aliphatic rings. The molecule has 0 saturated heterocycles. The first-order valence-electron chi connectivity index (χ1n) is 7.10. The highest BCUT2D eigenvalue weighted by atomic mass is 32.2. The number of nitro benzene ring substituents is 1. The van der Waals surface area contributed by atoms with Crippen LogP contribution in [-0.2, 0) is 10.0 Å². The molecule has 22 heavy (non-hydrogen) atoms. The Bertz CT molecular complexity index is 713. The molecule has 1 aromatic rings. The molecule has 1 atom stereocenters. The van der Waals surface area contributed by atoms with E-state index in [1.165, 1.54) is 12.1 Å². The summed E-state index contributed by atoms with van der Waals surface area (Å²) >= 11 is 0. The van der Waals surface area contributed by atoms with Crippen LogP contribution in [0.25, 0.3) is 0 Å². The molecule has 1 saturated carbocycles. The summed E-state index contributed by atoms with van der Waals surface area (Å²) in [6.45, 7) is 5.33. The van der Waals surface area contributed by atoms with Crippen molar-refractivity contribution in [3.8, 4) is 0 Å². The molecule has 0 bridgehead atoms. The van der Waals surface area contributed by atoms with E-state index >= 15 is 0 Å². The Morgan fingerprint density at radius 2 is 1.91 bits per heavy atom. The molecule has 1 unspecified atom stereocenters. The summed E-state index contributed by atoms with van der Waals surface area (Å²) in [6, 6.07) is 2.64. The number of hydrogen-bond donors (Lipinski definition) is 2. The van der Waals surface area contributed by atoms with Crippen LogP contribution >= 0.6 is 0 Å². The van der Waals surface area contributed by atoms with E-state index in [4.69, 9.17) is 5.73 Å². The summed E-state index contributed by atoms with van der Waals surface area (Å²) in [5.74, 6) is 0.179. The maximum atomic E-state index is 12.7. The normalized spacial score (nSPS) is 18.0. The van der Waals surface area contributed by atoms with Gasteiger partial charge in [-0.25, -0.2) is 13.1 Å². The van der Waals surface area contributed by atoms with Crippen molar-refractivity contribution in [1.29, 1.82) is 0 Å². The van der Waals surface area contributed by atoms with Crippen LogP contribution in [-0.4, -0.2) is 25.4 Å². The second-order valence-corrected chi connectivity index (χ2v) is 7.81. The zero-order valence-corrected chi connectivity index (χ0v) is 13.7. The SMILES string of the molecule is Cc1cc([N+](=O)[O-])c(S(=O)(=O)NC(C)(CN)C2CC2)cc1C. The lowest BCUT2D eigenvalue weighted by molar-refractivity contribution is -0.387. The third-order valence-corrected chi connectivity index (χ3v) is 5.97. The predicted octanol–water partition coefficient (Wildman–Crippen LogP) is 1.62. The number of benzene rings is 1. The minimum Gasteiger partial charge on any atom is -0.329 e. The van der Waals surface area contributed by atoms with Crippen molar-refractivity contribution in [1.82, 2.24) is 4.72 Å². The van der Waals surface area contributed by atoms with E-state index in [-0.39, 0.29) is 17.4 Å². The van der Waals surface area contributed by atoms with Crippen LogP contribution in [0.3, 0.4) is 0 Å². The molecule has 0 aliphatic heterocycles. The van der Waals surface area contributed by atoms with Gasteiger partial charge in [0.2, 0.25) is 10.0 Å². The Labute approximate surface area is 130 Å². The number of nitrogens with one attached hydrogen (secondary N) is 1. The van der Waals surface area contributed by atoms with Gasteiger partial charge in [0, 0.05) is 18.2 Å². The maximum absolute atomic E-state index is 12.7. The quantitative estimate of drug-likeness (QED) is 0.608. The number of aryl methyl sites for hydroxylation is 2. The lowest BCUT2D eigenvalue weighted by Crippen LogP contribution is -2.53. The molecule has 3 N–H and O–H groups in total. The number of rotatable bonds is 6. The summed E-state index contributed by atoms with van der Waals surface area (Å²) in [5, 5.41) is 11.2. The second-order valence-electron chi connectivity index (χ2n) is 6.16. The molecule has 0 spiro atoms. The fourth-order valence-electron chi connectivity index (χ4n) is 2.51. The number of nitrogens with zero attached hydrogens (tertiary/aromatic N) is 1. The van der Waals surface area contributed by atoms with Crippen LogP contribution in [0.5, 0.6) is 0 Å². The molecule has 122 valence electrons. The maximum Gasteiger partial charge on any atom is 0.289 e. The second kappa shape index (κ2) is 5.60. The monoisotopic (exact) mass is 327 g/mol. The molecule has 0 amide bonds. The molecular weight excluding hydrogens is 306 g/mol. The summed E-state index contributed by atoms with van der Waals surface area (Å²) in [7, 11) is -4.02. The van der Waals surface area contributed by atoms with Gasteiger partial charge in [-0.15, -0.1) is 0 Å². The van der Waals surface area contributed by atoms with Gasteiger partial charge in [-0.1, -0.05) is 0 Å². The fraction of sp³-hybridized carbons (Fsp3) is 0.571. The van der Waals surface area contributed by atoms with Gasteiger partial charge in [0.1, 0.15) is 0 Å². The van der Waals surface area contributed by atoms with Gasteiger partial charge in [-0.2, -0.15) is 0 Å². The minimum atomic E-state index is -4.02. The van der Waals surface area contributed by atoms with Crippen LogP contribution in [0, 0.1) is 29.9 Å². The Hall–Kier alpha value is -1.51. The van der Waals surface area contributed by atoms with Crippen molar-refractivity contribution in [3.63, 3.8) is 0 Å². The Kier molecular flexibility index (Phi) is 4.29. The van der Waals surface area contributed by atoms with Crippen molar-refractivity contribution < 1.29 is 13.3 Å². The number of sulfonamides is 1. The average molecular weight is 327 g/mol. The number of hydrogen-bond acceptors (Lipinski definition) is 5. The molecule has 0 heterocycles. The van der Waals surface area contributed by atoms with E-state index in [1.807, 2.05) is 0 Å². The highest BCUT2D eigenvalue weighted by Gasteiger charge is 2.44. The van der Waals surface area contributed by atoms with Crippen molar-refractivity contribution in [3.05, 3.63) is 33.4 Å². The van der Waals surface area contributed by atoms with Crippen LogP contribution in [0.4, 0.5) is 5.69 Å². The Morgan fingerprint density at radius 3 is 2.36 bits per heavy atom. The van der Waals surface area contributed by atoms with Crippen LogP contribution in [0.1, 0.15) is 30.9 Å². The minimum absolute atomic E-state index is 0.148. The lowest BCUT2D eigenvalue weighted by atomic mass is 9.98. The van der Waals surface area contributed by atoms with Crippen LogP contribution in [0.2, 0.25) is 0 Å².